The van der Waals surface area contributed by atoms with Crippen molar-refractivity contribution in [2.75, 3.05) is 4.72 Å². The number of thiophene rings is 1. The Morgan fingerprint density at radius 2 is 1.95 bits per heavy atom. The standard InChI is InChI=1S/C14H11BrN2O3S2/c1-9-12(15)13(20-16-9)17-22(18,19)14-11(7-8-21-14)10-5-3-2-4-6-10/h2-8,17H,1H3. The van der Waals surface area contributed by atoms with Crippen molar-refractivity contribution in [2.24, 2.45) is 0 Å². The molecule has 1 N–H and O–H groups in total. The predicted molar refractivity (Wildman–Crippen MR) is 89.5 cm³/mol. The van der Waals surface area contributed by atoms with Crippen LogP contribution in [0.5, 0.6) is 0 Å². The van der Waals surface area contributed by atoms with E-state index in [1.165, 1.54) is 0 Å². The molecule has 0 amide bonds. The van der Waals surface area contributed by atoms with Crippen molar-refractivity contribution in [3.63, 3.8) is 0 Å². The average Bonchev–Trinajstić information content (AvgIpc) is 3.11. The molecule has 0 spiro atoms. The highest BCUT2D eigenvalue weighted by molar-refractivity contribution is 9.10. The molecular formula is C14H11BrN2O3S2. The fraction of sp³-hybridized carbons (Fsp3) is 0.0714. The maximum absolute atomic E-state index is 12.6. The van der Waals surface area contributed by atoms with Crippen LogP contribution < -0.4 is 4.72 Å². The lowest BCUT2D eigenvalue weighted by atomic mass is 10.1. The first-order valence-corrected chi connectivity index (χ1v) is 9.42. The predicted octanol–water partition coefficient (Wildman–Crippen LogP) is 4.27. The Labute approximate surface area is 140 Å². The zero-order valence-electron chi connectivity index (χ0n) is 11.4. The largest absolute Gasteiger partial charge is 0.336 e. The van der Waals surface area contributed by atoms with E-state index < -0.39 is 10.0 Å². The molecule has 0 unspecified atom stereocenters. The molecule has 114 valence electrons. The number of hydrogen-bond acceptors (Lipinski definition) is 5. The summed E-state index contributed by atoms with van der Waals surface area (Å²) in [4.78, 5) is 0. The van der Waals surface area contributed by atoms with Gasteiger partial charge in [-0.1, -0.05) is 35.5 Å². The number of nitrogens with zero attached hydrogens (tertiary/aromatic N) is 1. The molecule has 0 atom stereocenters. The molecule has 0 aliphatic carbocycles. The molecule has 0 aliphatic heterocycles. The number of anilines is 1. The summed E-state index contributed by atoms with van der Waals surface area (Å²) < 4.78 is 33.4. The van der Waals surface area contributed by atoms with E-state index >= 15 is 0 Å². The molecule has 0 aliphatic rings. The zero-order chi connectivity index (χ0) is 15.7. The number of nitrogens with one attached hydrogen (secondary N) is 1. The normalized spacial score (nSPS) is 11.5. The van der Waals surface area contributed by atoms with Gasteiger partial charge in [-0.3, -0.25) is 0 Å². The molecule has 0 saturated heterocycles. The lowest BCUT2D eigenvalue weighted by Gasteiger charge is -2.06. The van der Waals surface area contributed by atoms with E-state index in [2.05, 4.69) is 25.8 Å². The summed E-state index contributed by atoms with van der Waals surface area (Å²) in [6.07, 6.45) is 0. The fourth-order valence-electron chi connectivity index (χ4n) is 1.93. The highest BCUT2D eigenvalue weighted by atomic mass is 79.9. The van der Waals surface area contributed by atoms with Crippen LogP contribution in [0.15, 0.2) is 55.0 Å². The first-order valence-electron chi connectivity index (χ1n) is 6.26. The minimum absolute atomic E-state index is 0.0740. The first-order chi connectivity index (χ1) is 10.5. The second kappa shape index (κ2) is 5.86. The number of aryl methyl sites for hydroxylation is 1. The van der Waals surface area contributed by atoms with E-state index in [4.69, 9.17) is 4.52 Å². The van der Waals surface area contributed by atoms with Crippen LogP contribution in [0.25, 0.3) is 11.1 Å². The second-order valence-electron chi connectivity index (χ2n) is 4.50. The van der Waals surface area contributed by atoms with Gasteiger partial charge in [0, 0.05) is 5.56 Å². The molecule has 0 radical (unpaired) electrons. The van der Waals surface area contributed by atoms with Crippen LogP contribution in [0.4, 0.5) is 5.88 Å². The highest BCUT2D eigenvalue weighted by Gasteiger charge is 2.24. The van der Waals surface area contributed by atoms with Crippen LogP contribution in [-0.4, -0.2) is 13.6 Å². The van der Waals surface area contributed by atoms with Crippen molar-refractivity contribution >= 4 is 43.2 Å². The Morgan fingerprint density at radius 1 is 1.23 bits per heavy atom. The number of sulfonamides is 1. The molecule has 5 nitrogen and oxygen atoms in total. The van der Waals surface area contributed by atoms with E-state index in [0.29, 0.717) is 15.7 Å². The van der Waals surface area contributed by atoms with Crippen LogP contribution in [0.1, 0.15) is 5.69 Å². The molecule has 3 aromatic rings. The third kappa shape index (κ3) is 2.81. The lowest BCUT2D eigenvalue weighted by molar-refractivity contribution is 0.430. The summed E-state index contributed by atoms with van der Waals surface area (Å²) in [5, 5.41) is 5.46. The van der Waals surface area contributed by atoms with Gasteiger partial charge in [-0.15, -0.1) is 11.3 Å². The number of benzene rings is 1. The summed E-state index contributed by atoms with van der Waals surface area (Å²) in [6.45, 7) is 1.71. The van der Waals surface area contributed by atoms with Crippen LogP contribution in [0.2, 0.25) is 0 Å². The molecule has 2 heterocycles. The molecule has 0 bridgehead atoms. The van der Waals surface area contributed by atoms with E-state index in [1.807, 2.05) is 30.3 Å². The minimum Gasteiger partial charge on any atom is -0.336 e. The molecule has 0 fully saturated rings. The fourth-order valence-corrected chi connectivity index (χ4v) is 4.69. The van der Waals surface area contributed by atoms with Gasteiger partial charge in [-0.25, -0.2) is 13.1 Å². The Balaban J connectivity index is 2.01. The molecular weight excluding hydrogens is 388 g/mol. The SMILES string of the molecule is Cc1noc(NS(=O)(=O)c2sccc2-c2ccccc2)c1Br. The smallest absolute Gasteiger partial charge is 0.274 e. The van der Waals surface area contributed by atoms with E-state index in [0.717, 1.165) is 16.9 Å². The van der Waals surface area contributed by atoms with Gasteiger partial charge in [-0.2, -0.15) is 0 Å². The molecule has 8 heteroatoms. The van der Waals surface area contributed by atoms with Gasteiger partial charge in [-0.05, 0) is 39.9 Å². The first kappa shape index (κ1) is 15.3. The Bertz CT molecular complexity index is 901. The van der Waals surface area contributed by atoms with Crippen LogP contribution in [0.3, 0.4) is 0 Å². The summed E-state index contributed by atoms with van der Waals surface area (Å²) in [6, 6.07) is 11.2. The van der Waals surface area contributed by atoms with Crippen molar-refractivity contribution < 1.29 is 12.9 Å². The van der Waals surface area contributed by atoms with Crippen molar-refractivity contribution in [3.05, 3.63) is 51.9 Å². The zero-order valence-corrected chi connectivity index (χ0v) is 14.6. The Kier molecular flexibility index (Phi) is 4.07. The minimum atomic E-state index is -3.75. The third-order valence-electron chi connectivity index (χ3n) is 2.98. The maximum atomic E-state index is 12.6. The highest BCUT2D eigenvalue weighted by Crippen LogP contribution is 2.34. The van der Waals surface area contributed by atoms with E-state index in [1.54, 1.807) is 18.4 Å². The van der Waals surface area contributed by atoms with Gasteiger partial charge in [0.2, 0.25) is 0 Å². The van der Waals surface area contributed by atoms with E-state index in [9.17, 15) is 8.42 Å². The molecule has 2 aromatic heterocycles. The molecule has 3 rings (SSSR count). The third-order valence-corrected chi connectivity index (χ3v) is 6.73. The Hall–Kier alpha value is -1.64. The van der Waals surface area contributed by atoms with Crippen LogP contribution >= 0.6 is 27.3 Å². The maximum Gasteiger partial charge on any atom is 0.274 e. The number of rotatable bonds is 4. The quantitative estimate of drug-likeness (QED) is 0.711. The van der Waals surface area contributed by atoms with Gasteiger partial charge in [0.05, 0.1) is 5.69 Å². The van der Waals surface area contributed by atoms with Gasteiger partial charge in [0.15, 0.2) is 0 Å². The van der Waals surface area contributed by atoms with Gasteiger partial charge in [0.25, 0.3) is 15.9 Å². The monoisotopic (exact) mass is 398 g/mol. The molecule has 22 heavy (non-hydrogen) atoms. The average molecular weight is 399 g/mol. The van der Waals surface area contributed by atoms with Crippen molar-refractivity contribution in [2.45, 2.75) is 11.1 Å². The van der Waals surface area contributed by atoms with Crippen LogP contribution in [-0.2, 0) is 10.0 Å². The number of aromatic nitrogens is 1. The molecule has 0 saturated carbocycles. The second-order valence-corrected chi connectivity index (χ2v) is 8.09. The van der Waals surface area contributed by atoms with Crippen LogP contribution in [0, 0.1) is 6.92 Å². The molecule has 1 aromatic carbocycles. The number of hydrogen-bond donors (Lipinski definition) is 1. The summed E-state index contributed by atoms with van der Waals surface area (Å²) >= 11 is 4.41. The number of halogens is 1. The Morgan fingerprint density at radius 3 is 2.59 bits per heavy atom. The van der Waals surface area contributed by atoms with Crippen molar-refractivity contribution in [1.82, 2.24) is 5.16 Å². The van der Waals surface area contributed by atoms with E-state index in [-0.39, 0.29) is 10.1 Å². The van der Waals surface area contributed by atoms with Gasteiger partial charge >= 0.3 is 0 Å². The lowest BCUT2D eigenvalue weighted by Crippen LogP contribution is -2.12. The summed E-state index contributed by atoms with van der Waals surface area (Å²) in [5.41, 5.74) is 2.08. The summed E-state index contributed by atoms with van der Waals surface area (Å²) in [7, 11) is -3.75. The van der Waals surface area contributed by atoms with Crippen molar-refractivity contribution in [3.8, 4) is 11.1 Å². The van der Waals surface area contributed by atoms with Crippen molar-refractivity contribution in [1.29, 1.82) is 0 Å². The van der Waals surface area contributed by atoms with Gasteiger partial charge in [0.1, 0.15) is 8.68 Å². The topological polar surface area (TPSA) is 72.2 Å². The summed E-state index contributed by atoms with van der Waals surface area (Å²) in [5.74, 6) is 0.0740. The van der Waals surface area contributed by atoms with Gasteiger partial charge < -0.3 is 4.52 Å².